The summed E-state index contributed by atoms with van der Waals surface area (Å²) < 4.78 is 6.19. The van der Waals surface area contributed by atoms with Crippen molar-refractivity contribution in [1.29, 1.82) is 0 Å². The van der Waals surface area contributed by atoms with Crippen LogP contribution in [0.25, 0.3) is 0 Å². The molecule has 3 rings (SSSR count). The van der Waals surface area contributed by atoms with Crippen molar-refractivity contribution in [3.63, 3.8) is 0 Å². The Morgan fingerprint density at radius 2 is 1.20 bits per heavy atom. The molecule has 30 heavy (non-hydrogen) atoms. The molecular formula is C26H28ClO2P. The Bertz CT molecular complexity index is 846. The van der Waals surface area contributed by atoms with Gasteiger partial charge in [-0.1, -0.05) is 68.1 Å². The molecule has 0 radical (unpaired) electrons. The predicted molar refractivity (Wildman–Crippen MR) is 125 cm³/mol. The fourth-order valence-electron chi connectivity index (χ4n) is 3.74. The number of carbonyl (C=O) groups excluding carboxylic acids is 1. The maximum Gasteiger partial charge on any atom is 0.336 e. The van der Waals surface area contributed by atoms with Crippen molar-refractivity contribution in [2.45, 2.75) is 32.5 Å². The van der Waals surface area contributed by atoms with E-state index in [1.165, 1.54) is 15.9 Å². The van der Waals surface area contributed by atoms with Crippen molar-refractivity contribution in [3.8, 4) is 0 Å². The first kappa shape index (κ1) is 23.9. The van der Waals surface area contributed by atoms with Crippen molar-refractivity contribution in [1.82, 2.24) is 0 Å². The van der Waals surface area contributed by atoms with Crippen LogP contribution in [-0.4, -0.2) is 11.8 Å². The molecule has 0 aromatic heterocycles. The predicted octanol–water partition coefficient (Wildman–Crippen LogP) is 2.23. The highest BCUT2D eigenvalue weighted by Crippen LogP contribution is 2.61. The second kappa shape index (κ2) is 11.1. The van der Waals surface area contributed by atoms with E-state index in [1.54, 1.807) is 6.92 Å². The van der Waals surface area contributed by atoms with E-state index in [1.807, 2.05) is 18.2 Å². The molecule has 1 unspecified atom stereocenters. The van der Waals surface area contributed by atoms with Crippen LogP contribution >= 0.6 is 7.26 Å². The summed E-state index contributed by atoms with van der Waals surface area (Å²) in [5.74, 6) is -0.584. The number of hydrogen-bond acceptors (Lipinski definition) is 2. The lowest BCUT2D eigenvalue weighted by Crippen LogP contribution is -3.00. The van der Waals surface area contributed by atoms with Crippen molar-refractivity contribution in [2.24, 2.45) is 0 Å². The number of rotatable bonds is 8. The molecule has 0 saturated heterocycles. The van der Waals surface area contributed by atoms with Crippen LogP contribution in [0, 0.1) is 0 Å². The van der Waals surface area contributed by atoms with E-state index in [0.717, 1.165) is 12.8 Å². The number of carbonyl (C=O) groups is 1. The SMILES string of the molecule is C=C(C)C(=O)OC(CCC)[P+](c1ccccc1)(c1ccccc1)c1ccccc1.[Cl-]. The quantitative estimate of drug-likeness (QED) is 0.306. The summed E-state index contributed by atoms with van der Waals surface area (Å²) in [5.41, 5.74) is 0.429. The molecule has 0 bridgehead atoms. The van der Waals surface area contributed by atoms with Gasteiger partial charge in [-0.25, -0.2) is 4.79 Å². The molecule has 0 saturated carbocycles. The molecular weight excluding hydrogens is 411 g/mol. The van der Waals surface area contributed by atoms with Crippen molar-refractivity contribution >= 4 is 29.1 Å². The molecule has 2 nitrogen and oxygen atoms in total. The monoisotopic (exact) mass is 438 g/mol. The minimum absolute atomic E-state index is 0. The van der Waals surface area contributed by atoms with Crippen LogP contribution < -0.4 is 28.3 Å². The molecule has 0 N–H and O–H groups in total. The first-order valence-electron chi connectivity index (χ1n) is 10.0. The number of benzene rings is 3. The maximum atomic E-state index is 12.7. The lowest BCUT2D eigenvalue weighted by atomic mass is 10.3. The molecule has 0 spiro atoms. The van der Waals surface area contributed by atoms with E-state index >= 15 is 0 Å². The number of halogens is 1. The van der Waals surface area contributed by atoms with Gasteiger partial charge in [-0.15, -0.1) is 0 Å². The van der Waals surface area contributed by atoms with E-state index in [4.69, 9.17) is 4.74 Å². The smallest absolute Gasteiger partial charge is 0.336 e. The van der Waals surface area contributed by atoms with E-state index < -0.39 is 7.26 Å². The third kappa shape index (κ3) is 4.83. The Morgan fingerprint density at radius 1 is 0.833 bits per heavy atom. The molecule has 3 aromatic rings. The molecule has 0 aliphatic rings. The Hall–Kier alpha value is -2.41. The largest absolute Gasteiger partial charge is 1.00 e. The average molecular weight is 439 g/mol. The van der Waals surface area contributed by atoms with Crippen molar-refractivity contribution in [3.05, 3.63) is 103 Å². The lowest BCUT2D eigenvalue weighted by Gasteiger charge is -2.34. The van der Waals surface area contributed by atoms with Gasteiger partial charge in [0.2, 0.25) is 5.85 Å². The first-order chi connectivity index (χ1) is 14.1. The van der Waals surface area contributed by atoms with Crippen molar-refractivity contribution in [2.75, 3.05) is 0 Å². The summed E-state index contributed by atoms with van der Waals surface area (Å²) in [6, 6.07) is 31.5. The molecule has 1 atom stereocenters. The standard InChI is InChI=1S/C26H28O2P.ClH/c1-4-14-25(28-26(27)21(2)3)29(22-15-8-5-9-16-22,23-17-10-6-11-18-23)24-19-12-7-13-20-24;/h5-13,15-20,25H,2,4,14H2,1,3H3;1H/q+1;/p-1. The van der Waals surface area contributed by atoms with E-state index in [-0.39, 0.29) is 24.2 Å². The molecule has 156 valence electrons. The number of ether oxygens (including phenoxy) is 1. The van der Waals surface area contributed by atoms with Gasteiger partial charge in [0, 0.05) is 12.0 Å². The minimum atomic E-state index is -2.26. The summed E-state index contributed by atoms with van der Waals surface area (Å²) in [6.45, 7) is 7.65. The zero-order valence-corrected chi connectivity index (χ0v) is 19.2. The molecule has 0 fully saturated rings. The van der Waals surface area contributed by atoms with Crippen LogP contribution in [0.4, 0.5) is 0 Å². The number of esters is 1. The molecule has 0 amide bonds. The zero-order chi connectivity index (χ0) is 20.7. The fraction of sp³-hybridized carbons (Fsp3) is 0.192. The normalized spacial score (nSPS) is 11.8. The molecule has 0 aliphatic carbocycles. The van der Waals surface area contributed by atoms with Gasteiger partial charge in [-0.2, -0.15) is 0 Å². The van der Waals surface area contributed by atoms with E-state index in [2.05, 4.69) is 86.3 Å². The Morgan fingerprint density at radius 3 is 1.50 bits per heavy atom. The van der Waals surface area contributed by atoms with Crippen molar-refractivity contribution < 1.29 is 21.9 Å². The summed E-state index contributed by atoms with van der Waals surface area (Å²) in [7, 11) is -2.26. The summed E-state index contributed by atoms with van der Waals surface area (Å²) >= 11 is 0. The Balaban J connectivity index is 0.00000320. The third-order valence-corrected chi connectivity index (χ3v) is 9.62. The molecule has 4 heteroatoms. The zero-order valence-electron chi connectivity index (χ0n) is 17.5. The van der Waals surface area contributed by atoms with Gasteiger partial charge in [0.15, 0.2) is 7.26 Å². The first-order valence-corrected chi connectivity index (χ1v) is 11.9. The van der Waals surface area contributed by atoms with Gasteiger partial charge in [0.25, 0.3) is 0 Å². The highest BCUT2D eigenvalue weighted by molar-refractivity contribution is 7.96. The van der Waals surface area contributed by atoms with Gasteiger partial charge in [-0.05, 0) is 49.7 Å². The second-order valence-electron chi connectivity index (χ2n) is 7.16. The van der Waals surface area contributed by atoms with E-state index in [9.17, 15) is 4.79 Å². The van der Waals surface area contributed by atoms with Gasteiger partial charge >= 0.3 is 5.97 Å². The minimum Gasteiger partial charge on any atom is -1.00 e. The van der Waals surface area contributed by atoms with Gasteiger partial charge in [0.1, 0.15) is 15.9 Å². The molecule has 0 heterocycles. The van der Waals surface area contributed by atoms with Crippen LogP contribution in [0.3, 0.4) is 0 Å². The molecule has 3 aromatic carbocycles. The topological polar surface area (TPSA) is 26.3 Å². The maximum absolute atomic E-state index is 12.7. The highest BCUT2D eigenvalue weighted by atomic mass is 35.5. The van der Waals surface area contributed by atoms with Crippen LogP contribution in [0.2, 0.25) is 0 Å². The van der Waals surface area contributed by atoms with Crippen LogP contribution in [0.1, 0.15) is 26.7 Å². The lowest BCUT2D eigenvalue weighted by molar-refractivity contribution is -0.140. The number of hydrogen-bond donors (Lipinski definition) is 0. The summed E-state index contributed by atoms with van der Waals surface area (Å²) in [5, 5.41) is 3.64. The summed E-state index contributed by atoms with van der Waals surface area (Å²) in [6.07, 6.45) is 1.70. The molecule has 0 aliphatic heterocycles. The van der Waals surface area contributed by atoms with Crippen LogP contribution in [0.5, 0.6) is 0 Å². The third-order valence-electron chi connectivity index (χ3n) is 5.05. The fourth-order valence-corrected chi connectivity index (χ4v) is 8.46. The van der Waals surface area contributed by atoms with Gasteiger partial charge < -0.3 is 17.1 Å². The van der Waals surface area contributed by atoms with Gasteiger partial charge in [-0.3, -0.25) is 0 Å². The summed E-state index contributed by atoms with van der Waals surface area (Å²) in [4.78, 5) is 12.7. The second-order valence-corrected chi connectivity index (χ2v) is 10.7. The Labute approximate surface area is 186 Å². The average Bonchev–Trinajstić information content (AvgIpc) is 2.76. The van der Waals surface area contributed by atoms with E-state index in [0.29, 0.717) is 5.57 Å². The van der Waals surface area contributed by atoms with Gasteiger partial charge in [0.05, 0.1) is 0 Å². The van der Waals surface area contributed by atoms with Crippen LogP contribution in [-0.2, 0) is 9.53 Å². The Kier molecular flexibility index (Phi) is 8.84. The highest BCUT2D eigenvalue weighted by Gasteiger charge is 2.54. The van der Waals surface area contributed by atoms with Crippen LogP contribution in [0.15, 0.2) is 103 Å².